The average molecular weight is 522 g/mol. The number of ether oxygens (including phenoxy) is 3. The number of benzene rings is 1. The van der Waals surface area contributed by atoms with Gasteiger partial charge in [0.05, 0.1) is 4.83 Å². The molecule has 0 unspecified atom stereocenters. The molecule has 0 spiro atoms. The lowest BCUT2D eigenvalue weighted by Crippen LogP contribution is -2.37. The number of carbonyl (C=O) groups is 3. The summed E-state index contributed by atoms with van der Waals surface area (Å²) in [5, 5.41) is 2.59. The maximum Gasteiger partial charge on any atom is 0.351 e. The molecule has 1 fully saturated rings. The molecule has 3 rings (SSSR count). The van der Waals surface area contributed by atoms with Crippen molar-refractivity contribution >= 4 is 39.6 Å². The lowest BCUT2D eigenvalue weighted by Gasteiger charge is -2.22. The molecule has 0 radical (unpaired) electrons. The largest absolute Gasteiger partial charge is 0.463 e. The van der Waals surface area contributed by atoms with Crippen molar-refractivity contribution in [2.45, 2.75) is 50.5 Å². The van der Waals surface area contributed by atoms with Crippen LogP contribution in [-0.4, -0.2) is 51.0 Å². The van der Waals surface area contributed by atoms with Gasteiger partial charge in [0, 0.05) is 39.0 Å². The molecular formula is C22H24BrN3O7. The molecule has 11 heteroatoms. The first-order valence-electron chi connectivity index (χ1n) is 10.2. The number of hydrogen-bond donors (Lipinski definition) is 1. The molecule has 10 nitrogen and oxygen atoms in total. The van der Waals surface area contributed by atoms with E-state index in [1.807, 2.05) is 30.3 Å². The van der Waals surface area contributed by atoms with E-state index in [0.29, 0.717) is 12.0 Å². The molecule has 4 atom stereocenters. The Labute approximate surface area is 198 Å². The molecule has 0 aliphatic carbocycles. The summed E-state index contributed by atoms with van der Waals surface area (Å²) in [4.78, 5) is 51.0. The predicted molar refractivity (Wildman–Crippen MR) is 121 cm³/mol. The number of nitrogens with one attached hydrogen (secondary N) is 1. The number of carbonyl (C=O) groups excluding carboxylic acids is 3. The Morgan fingerprint density at radius 3 is 2.45 bits per heavy atom. The third-order valence-corrected chi connectivity index (χ3v) is 5.96. The van der Waals surface area contributed by atoms with Crippen LogP contribution in [0.4, 0.5) is 5.82 Å². The normalized spacial score (nSPS) is 21.9. The molecule has 2 heterocycles. The Bertz CT molecular complexity index is 1090. The van der Waals surface area contributed by atoms with Crippen molar-refractivity contribution in [2.24, 2.45) is 0 Å². The Kier molecular flexibility index (Phi) is 7.98. The first-order chi connectivity index (χ1) is 15.7. The maximum atomic E-state index is 12.9. The van der Waals surface area contributed by atoms with E-state index in [2.05, 4.69) is 26.2 Å². The fourth-order valence-corrected chi connectivity index (χ4v) is 4.13. The highest BCUT2D eigenvalue weighted by Gasteiger charge is 2.47. The van der Waals surface area contributed by atoms with Gasteiger partial charge in [-0.05, 0) is 5.56 Å². The Hall–Kier alpha value is -3.05. The highest BCUT2D eigenvalue weighted by Crippen LogP contribution is 2.36. The number of rotatable bonds is 7. The van der Waals surface area contributed by atoms with Crippen molar-refractivity contribution in [1.29, 1.82) is 0 Å². The van der Waals surface area contributed by atoms with E-state index < -0.39 is 40.9 Å². The number of esters is 2. The molecule has 1 N–H and O–H groups in total. The lowest BCUT2D eigenvalue weighted by molar-refractivity contribution is -0.153. The standard InChI is InChI=1S/C22H24BrN3O7/c1-12(27)24-20-16(9-15-7-5-4-6-8-15)10-26(22(30)25-20)21-19(32-14(3)29)18(23)17(33-21)11-31-13(2)28/h4-8,10,17-19,21H,9,11H2,1-3H3,(H,24,25,27,30)/t17-,18+,19-,21-/m1/s1. The second-order valence-electron chi connectivity index (χ2n) is 7.53. The highest BCUT2D eigenvalue weighted by atomic mass is 79.9. The summed E-state index contributed by atoms with van der Waals surface area (Å²) >= 11 is 3.45. The summed E-state index contributed by atoms with van der Waals surface area (Å²) < 4.78 is 17.7. The van der Waals surface area contributed by atoms with Crippen molar-refractivity contribution in [3.05, 3.63) is 58.1 Å². The summed E-state index contributed by atoms with van der Waals surface area (Å²) in [5.41, 5.74) is 0.798. The average Bonchev–Trinajstić information content (AvgIpc) is 3.03. The molecule has 1 amide bonds. The molecule has 1 aliphatic heterocycles. The van der Waals surface area contributed by atoms with E-state index >= 15 is 0 Å². The van der Waals surface area contributed by atoms with Crippen LogP contribution in [0.5, 0.6) is 0 Å². The van der Waals surface area contributed by atoms with Gasteiger partial charge in [0.1, 0.15) is 18.5 Å². The van der Waals surface area contributed by atoms with Gasteiger partial charge in [-0.15, -0.1) is 0 Å². The minimum absolute atomic E-state index is 0.0947. The molecule has 1 saturated heterocycles. The number of hydrogen-bond acceptors (Lipinski definition) is 8. The minimum atomic E-state index is -1.03. The molecule has 1 aromatic heterocycles. The second-order valence-corrected chi connectivity index (χ2v) is 8.59. The van der Waals surface area contributed by atoms with Crippen LogP contribution in [0.3, 0.4) is 0 Å². The molecule has 0 bridgehead atoms. The van der Waals surface area contributed by atoms with Crippen molar-refractivity contribution in [1.82, 2.24) is 9.55 Å². The molecule has 0 saturated carbocycles. The van der Waals surface area contributed by atoms with Crippen LogP contribution in [0, 0.1) is 0 Å². The van der Waals surface area contributed by atoms with Gasteiger partial charge in [0.25, 0.3) is 0 Å². The highest BCUT2D eigenvalue weighted by molar-refractivity contribution is 9.09. The summed E-state index contributed by atoms with van der Waals surface area (Å²) in [7, 11) is 0. The number of amides is 1. The van der Waals surface area contributed by atoms with Gasteiger partial charge < -0.3 is 19.5 Å². The molecule has 1 aromatic carbocycles. The summed E-state index contributed by atoms with van der Waals surface area (Å²) in [6.45, 7) is 3.75. The Morgan fingerprint density at radius 1 is 1.15 bits per heavy atom. The first kappa shape index (κ1) is 24.6. The number of alkyl halides is 1. The van der Waals surface area contributed by atoms with Crippen molar-refractivity contribution < 1.29 is 28.6 Å². The van der Waals surface area contributed by atoms with Crippen molar-refractivity contribution in [2.75, 3.05) is 11.9 Å². The SMILES string of the molecule is CC(=O)Nc1nc(=O)n([C@@H]2O[C@H](COC(C)=O)[C@H](Br)[C@H]2OC(C)=O)cc1Cc1ccccc1. The fraction of sp³-hybridized carbons (Fsp3) is 0.409. The predicted octanol–water partition coefficient (Wildman–Crippen LogP) is 1.95. The van der Waals surface area contributed by atoms with Crippen molar-refractivity contribution in [3.63, 3.8) is 0 Å². The zero-order valence-corrected chi connectivity index (χ0v) is 19.9. The van der Waals surface area contributed by atoms with Gasteiger partial charge in [0.15, 0.2) is 12.3 Å². The van der Waals surface area contributed by atoms with Crippen LogP contribution in [0.25, 0.3) is 0 Å². The van der Waals surface area contributed by atoms with Gasteiger partial charge in [-0.2, -0.15) is 4.98 Å². The number of aromatic nitrogens is 2. The van der Waals surface area contributed by atoms with Crippen LogP contribution >= 0.6 is 15.9 Å². The quantitative estimate of drug-likeness (QED) is 0.432. The van der Waals surface area contributed by atoms with E-state index in [1.165, 1.54) is 31.5 Å². The van der Waals surface area contributed by atoms with Crippen LogP contribution in [0.15, 0.2) is 41.3 Å². The number of nitrogens with zero attached hydrogens (tertiary/aromatic N) is 2. The summed E-state index contributed by atoms with van der Waals surface area (Å²) in [5.74, 6) is -1.28. The molecule has 33 heavy (non-hydrogen) atoms. The van der Waals surface area contributed by atoms with Gasteiger partial charge in [-0.25, -0.2) is 4.79 Å². The monoisotopic (exact) mass is 521 g/mol. The molecule has 2 aromatic rings. The van der Waals surface area contributed by atoms with Crippen LogP contribution in [0.1, 0.15) is 38.1 Å². The molecular weight excluding hydrogens is 498 g/mol. The van der Waals surface area contributed by atoms with Crippen LogP contribution in [-0.2, 0) is 35.0 Å². The zero-order valence-electron chi connectivity index (χ0n) is 18.3. The van der Waals surface area contributed by atoms with Crippen molar-refractivity contribution in [3.8, 4) is 0 Å². The maximum absolute atomic E-state index is 12.9. The summed E-state index contributed by atoms with van der Waals surface area (Å²) in [6.07, 6.45) is -0.687. The smallest absolute Gasteiger partial charge is 0.351 e. The fourth-order valence-electron chi connectivity index (χ4n) is 3.48. The third kappa shape index (κ3) is 6.26. The third-order valence-electron chi connectivity index (χ3n) is 4.85. The minimum Gasteiger partial charge on any atom is -0.463 e. The van der Waals surface area contributed by atoms with Gasteiger partial charge in [-0.1, -0.05) is 46.3 Å². The lowest BCUT2D eigenvalue weighted by atomic mass is 10.1. The molecule has 176 valence electrons. The van der Waals surface area contributed by atoms with E-state index in [9.17, 15) is 19.2 Å². The Morgan fingerprint density at radius 2 is 1.85 bits per heavy atom. The van der Waals surface area contributed by atoms with E-state index in [1.54, 1.807) is 0 Å². The van der Waals surface area contributed by atoms with Gasteiger partial charge in [-0.3, -0.25) is 19.0 Å². The number of anilines is 1. The van der Waals surface area contributed by atoms with E-state index in [4.69, 9.17) is 14.2 Å². The molecule has 1 aliphatic rings. The first-order valence-corrected chi connectivity index (χ1v) is 11.1. The van der Waals surface area contributed by atoms with E-state index in [0.717, 1.165) is 5.56 Å². The summed E-state index contributed by atoms with van der Waals surface area (Å²) in [6, 6.07) is 9.45. The topological polar surface area (TPSA) is 126 Å². The van der Waals surface area contributed by atoms with Gasteiger partial charge in [0.2, 0.25) is 5.91 Å². The second kappa shape index (κ2) is 10.7. The van der Waals surface area contributed by atoms with E-state index in [-0.39, 0.29) is 18.3 Å². The number of halogens is 1. The van der Waals surface area contributed by atoms with Crippen LogP contribution < -0.4 is 11.0 Å². The zero-order chi connectivity index (χ0) is 24.1. The Balaban J connectivity index is 2.01. The van der Waals surface area contributed by atoms with Gasteiger partial charge >= 0.3 is 17.6 Å². The van der Waals surface area contributed by atoms with Crippen LogP contribution in [0.2, 0.25) is 0 Å².